The molecule has 32 heavy (non-hydrogen) atoms. The summed E-state index contributed by atoms with van der Waals surface area (Å²) in [7, 11) is -3.50. The van der Waals surface area contributed by atoms with Crippen molar-refractivity contribution < 1.29 is 18.0 Å². The maximum atomic E-state index is 12.9. The second kappa shape index (κ2) is 8.78. The Kier molecular flexibility index (Phi) is 6.22. The van der Waals surface area contributed by atoms with E-state index >= 15 is 0 Å². The van der Waals surface area contributed by atoms with E-state index < -0.39 is 27.3 Å². The van der Waals surface area contributed by atoms with Crippen LogP contribution in [-0.4, -0.2) is 43.2 Å². The Hall–Kier alpha value is -2.53. The molecule has 3 N–H and O–H groups in total. The zero-order chi connectivity index (χ0) is 22.9. The van der Waals surface area contributed by atoms with Gasteiger partial charge < -0.3 is 5.32 Å². The van der Waals surface area contributed by atoms with Crippen molar-refractivity contribution in [3.8, 4) is 0 Å². The van der Waals surface area contributed by atoms with Crippen LogP contribution in [0.5, 0.6) is 0 Å². The molecule has 1 atom stereocenters. The van der Waals surface area contributed by atoms with Gasteiger partial charge >= 0.3 is 6.03 Å². The summed E-state index contributed by atoms with van der Waals surface area (Å²) in [6.07, 6.45) is 1.76. The molecule has 11 heteroatoms. The number of urea groups is 1. The summed E-state index contributed by atoms with van der Waals surface area (Å²) >= 11 is 7.10. The largest absolute Gasteiger partial charge is 0.327 e. The van der Waals surface area contributed by atoms with E-state index in [0.29, 0.717) is 10.2 Å². The number of thiazole rings is 1. The molecule has 168 valence electrons. The van der Waals surface area contributed by atoms with Crippen molar-refractivity contribution in [2.24, 2.45) is 0 Å². The number of hydrogen-bond donors (Lipinski definition) is 3. The lowest BCUT2D eigenvalue weighted by Crippen LogP contribution is -2.42. The minimum Gasteiger partial charge on any atom is -0.310 e. The molecule has 2 aromatic carbocycles. The number of amides is 3. The van der Waals surface area contributed by atoms with Gasteiger partial charge in [0.15, 0.2) is 15.0 Å². The van der Waals surface area contributed by atoms with Gasteiger partial charge in [0.1, 0.15) is 0 Å². The molecule has 0 unspecified atom stereocenters. The number of benzene rings is 2. The Morgan fingerprint density at radius 2 is 2.03 bits per heavy atom. The molecule has 1 aliphatic rings. The average Bonchev–Trinajstić information content (AvgIpc) is 3.32. The van der Waals surface area contributed by atoms with Crippen LogP contribution < -0.4 is 16.0 Å². The number of aromatic nitrogens is 1. The lowest BCUT2D eigenvalue weighted by atomic mass is 10.0. The van der Waals surface area contributed by atoms with Crippen molar-refractivity contribution in [2.45, 2.75) is 30.2 Å². The van der Waals surface area contributed by atoms with E-state index in [9.17, 15) is 18.0 Å². The molecule has 1 fully saturated rings. The van der Waals surface area contributed by atoms with Crippen LogP contribution in [0.4, 0.5) is 9.93 Å². The molecule has 0 aliphatic carbocycles. The minimum absolute atomic E-state index is 0.0159. The second-order valence-corrected chi connectivity index (χ2v) is 11.3. The van der Waals surface area contributed by atoms with Crippen molar-refractivity contribution in [1.29, 1.82) is 0 Å². The first-order valence-corrected chi connectivity index (χ1v) is 12.8. The number of nitrogens with one attached hydrogen (secondary N) is 3. The Bertz CT molecular complexity index is 1300. The second-order valence-electron chi connectivity index (χ2n) is 7.89. The SMILES string of the molecule is C[C@]1(CS(=O)(=O)c2ccc3nc(NC(=O)NC(=O)c4ccccc4Cl)sc3c2)CCCN1. The van der Waals surface area contributed by atoms with Crippen molar-refractivity contribution >= 4 is 60.1 Å². The van der Waals surface area contributed by atoms with Crippen molar-refractivity contribution in [3.05, 3.63) is 53.1 Å². The molecule has 0 saturated carbocycles. The molecule has 2 heterocycles. The highest BCUT2D eigenvalue weighted by Gasteiger charge is 2.34. The average molecular weight is 493 g/mol. The Morgan fingerprint density at radius 3 is 2.75 bits per heavy atom. The van der Waals surface area contributed by atoms with E-state index in [1.807, 2.05) is 6.92 Å². The third kappa shape index (κ3) is 4.93. The van der Waals surface area contributed by atoms with Gasteiger partial charge in [-0.15, -0.1) is 0 Å². The van der Waals surface area contributed by atoms with Gasteiger partial charge in [-0.2, -0.15) is 0 Å². The molecule has 1 aliphatic heterocycles. The third-order valence-corrected chi connectivity index (χ3v) is 8.50. The summed E-state index contributed by atoms with van der Waals surface area (Å²) in [5, 5.41) is 8.45. The standard InChI is InChI=1S/C21H21ClN4O4S2/c1-21(9-4-10-23-21)12-32(29,30)13-7-8-16-17(11-13)31-20(24-16)26-19(28)25-18(27)14-5-2-3-6-15(14)22/h2-3,5-8,11,23H,4,9-10,12H2,1H3,(H2,24,25,26,27,28)/t21-/m1/s1. The summed E-state index contributed by atoms with van der Waals surface area (Å²) in [6, 6.07) is 10.3. The van der Waals surface area contributed by atoms with Crippen LogP contribution in [0.1, 0.15) is 30.1 Å². The van der Waals surface area contributed by atoms with Gasteiger partial charge in [0.25, 0.3) is 5.91 Å². The normalized spacial score (nSPS) is 18.6. The minimum atomic E-state index is -3.50. The van der Waals surface area contributed by atoms with E-state index in [2.05, 4.69) is 20.9 Å². The summed E-state index contributed by atoms with van der Waals surface area (Å²) < 4.78 is 26.5. The van der Waals surface area contributed by atoms with E-state index in [4.69, 9.17) is 11.6 Å². The highest BCUT2D eigenvalue weighted by Crippen LogP contribution is 2.30. The molecule has 0 bridgehead atoms. The molecule has 3 amide bonds. The van der Waals surface area contributed by atoms with Gasteiger partial charge in [-0.3, -0.25) is 15.4 Å². The number of carbonyl (C=O) groups is 2. The van der Waals surface area contributed by atoms with Crippen LogP contribution >= 0.6 is 22.9 Å². The summed E-state index contributed by atoms with van der Waals surface area (Å²) in [5.41, 5.74) is 0.293. The number of halogens is 1. The number of imide groups is 1. The lowest BCUT2D eigenvalue weighted by molar-refractivity contribution is 0.0967. The number of nitrogens with zero attached hydrogens (tertiary/aromatic N) is 1. The summed E-state index contributed by atoms with van der Waals surface area (Å²) in [6.45, 7) is 2.74. The summed E-state index contributed by atoms with van der Waals surface area (Å²) in [5.74, 6) is -0.626. The van der Waals surface area contributed by atoms with Crippen molar-refractivity contribution in [3.63, 3.8) is 0 Å². The fraction of sp³-hybridized carbons (Fsp3) is 0.286. The van der Waals surface area contributed by atoms with Crippen LogP contribution in [-0.2, 0) is 9.84 Å². The maximum absolute atomic E-state index is 12.9. The first kappa shape index (κ1) is 22.7. The fourth-order valence-corrected chi connectivity index (χ4v) is 6.70. The van der Waals surface area contributed by atoms with Crippen LogP contribution in [0, 0.1) is 0 Å². The number of rotatable bonds is 5. The topological polar surface area (TPSA) is 117 Å². The molecule has 0 spiro atoms. The molecule has 0 radical (unpaired) electrons. The first-order chi connectivity index (χ1) is 15.2. The Labute approximate surface area is 194 Å². The molecule has 1 aromatic heterocycles. The van der Waals surface area contributed by atoms with E-state index in [1.165, 1.54) is 12.1 Å². The highest BCUT2D eigenvalue weighted by molar-refractivity contribution is 7.91. The number of carbonyl (C=O) groups excluding carboxylic acids is 2. The Balaban J connectivity index is 1.47. The molecule has 3 aromatic rings. The van der Waals surface area contributed by atoms with Crippen LogP contribution in [0.15, 0.2) is 47.4 Å². The summed E-state index contributed by atoms with van der Waals surface area (Å²) in [4.78, 5) is 28.9. The zero-order valence-corrected chi connectivity index (χ0v) is 19.5. The van der Waals surface area contributed by atoms with Crippen LogP contribution in [0.3, 0.4) is 0 Å². The van der Waals surface area contributed by atoms with Gasteiger partial charge in [-0.1, -0.05) is 35.1 Å². The smallest absolute Gasteiger partial charge is 0.310 e. The van der Waals surface area contributed by atoms with Gasteiger partial charge in [0.2, 0.25) is 0 Å². The number of anilines is 1. The number of sulfone groups is 1. The third-order valence-electron chi connectivity index (χ3n) is 5.25. The molecule has 1 saturated heterocycles. The predicted molar refractivity (Wildman–Crippen MR) is 125 cm³/mol. The quantitative estimate of drug-likeness (QED) is 0.498. The molecule has 4 rings (SSSR count). The first-order valence-electron chi connectivity index (χ1n) is 9.90. The van der Waals surface area contributed by atoms with Crippen LogP contribution in [0.25, 0.3) is 10.2 Å². The number of hydrogen-bond acceptors (Lipinski definition) is 7. The highest BCUT2D eigenvalue weighted by atomic mass is 35.5. The van der Waals surface area contributed by atoms with Gasteiger partial charge in [0.05, 0.1) is 31.5 Å². The van der Waals surface area contributed by atoms with Crippen LogP contribution in [0.2, 0.25) is 5.02 Å². The maximum Gasteiger partial charge on any atom is 0.327 e. The lowest BCUT2D eigenvalue weighted by Gasteiger charge is -2.23. The van der Waals surface area contributed by atoms with E-state index in [0.717, 1.165) is 30.7 Å². The van der Waals surface area contributed by atoms with Crippen molar-refractivity contribution in [2.75, 3.05) is 17.6 Å². The van der Waals surface area contributed by atoms with E-state index in [1.54, 1.807) is 30.3 Å². The number of fused-ring (bicyclic) bond motifs is 1. The Morgan fingerprint density at radius 1 is 1.25 bits per heavy atom. The molecule has 8 nitrogen and oxygen atoms in total. The van der Waals surface area contributed by atoms with E-state index in [-0.39, 0.29) is 26.4 Å². The zero-order valence-electron chi connectivity index (χ0n) is 17.1. The predicted octanol–water partition coefficient (Wildman–Crippen LogP) is 3.83. The van der Waals surface area contributed by atoms with Crippen molar-refractivity contribution in [1.82, 2.24) is 15.6 Å². The van der Waals surface area contributed by atoms with Gasteiger partial charge in [-0.25, -0.2) is 18.2 Å². The molecular weight excluding hydrogens is 472 g/mol. The fourth-order valence-electron chi connectivity index (χ4n) is 3.68. The van der Waals surface area contributed by atoms with Gasteiger partial charge in [0, 0.05) is 5.54 Å². The monoisotopic (exact) mass is 492 g/mol. The van der Waals surface area contributed by atoms with Gasteiger partial charge in [-0.05, 0) is 56.6 Å². The molecular formula is C21H21ClN4O4S2.